The predicted molar refractivity (Wildman–Crippen MR) is 104 cm³/mol. The van der Waals surface area contributed by atoms with Gasteiger partial charge in [0, 0.05) is 13.0 Å². The van der Waals surface area contributed by atoms with Crippen LogP contribution >= 0.6 is 23.2 Å². The molecule has 0 radical (unpaired) electrons. The van der Waals surface area contributed by atoms with Gasteiger partial charge in [-0.3, -0.25) is 14.9 Å². The molecule has 29 heavy (non-hydrogen) atoms. The molecule has 0 amide bonds. The van der Waals surface area contributed by atoms with Crippen molar-refractivity contribution in [3.8, 4) is 5.88 Å². The van der Waals surface area contributed by atoms with Gasteiger partial charge in [-0.05, 0) is 24.9 Å². The normalized spacial score (nSPS) is 16.7. The van der Waals surface area contributed by atoms with Crippen molar-refractivity contribution < 1.29 is 19.2 Å². The molecule has 1 unspecified atom stereocenters. The molecule has 11 nitrogen and oxygen atoms in total. The van der Waals surface area contributed by atoms with Crippen LogP contribution in [0.25, 0.3) is 0 Å². The minimum atomic E-state index is -0.689. The summed E-state index contributed by atoms with van der Waals surface area (Å²) in [5.41, 5.74) is -0.0173. The van der Waals surface area contributed by atoms with Crippen molar-refractivity contribution in [2.45, 2.75) is 25.8 Å². The van der Waals surface area contributed by atoms with Crippen LogP contribution in [0.1, 0.15) is 24.6 Å². The number of nitrogens with zero attached hydrogens (tertiary/aromatic N) is 5. The molecule has 156 valence electrons. The van der Waals surface area contributed by atoms with Crippen LogP contribution < -0.4 is 10.1 Å². The standard InChI is InChI=1S/C16H18Cl2N6O5/c1-9-13(24(26)27)15(22-23(9)11-8-28-6-3-12(11)25)29-5-2-4-19-14-10(17)7-20-16(18)21-14/h7,11H,2-6,8H2,1H3,(H,19,20,21). The van der Waals surface area contributed by atoms with Gasteiger partial charge in [-0.2, -0.15) is 4.98 Å². The lowest BCUT2D eigenvalue weighted by molar-refractivity contribution is -0.386. The van der Waals surface area contributed by atoms with Crippen LogP contribution in [0, 0.1) is 17.0 Å². The lowest BCUT2D eigenvalue weighted by Gasteiger charge is -2.21. The Labute approximate surface area is 175 Å². The Bertz CT molecular complexity index is 921. The highest BCUT2D eigenvalue weighted by Gasteiger charge is 2.33. The Balaban J connectivity index is 1.62. The maximum Gasteiger partial charge on any atom is 0.352 e. The van der Waals surface area contributed by atoms with E-state index < -0.39 is 11.0 Å². The molecule has 1 saturated heterocycles. The number of ketones is 1. The third-order valence-corrected chi connectivity index (χ3v) is 4.73. The fraction of sp³-hybridized carbons (Fsp3) is 0.500. The number of carbonyl (C=O) groups excluding carboxylic acids is 1. The first-order valence-corrected chi connectivity index (χ1v) is 9.52. The molecular weight excluding hydrogens is 427 g/mol. The third-order valence-electron chi connectivity index (χ3n) is 4.27. The topological polar surface area (TPSA) is 134 Å². The molecule has 1 fully saturated rings. The minimum absolute atomic E-state index is 0.0611. The highest BCUT2D eigenvalue weighted by molar-refractivity contribution is 6.33. The maximum absolute atomic E-state index is 12.1. The summed E-state index contributed by atoms with van der Waals surface area (Å²) in [5.74, 6) is 0.176. The highest BCUT2D eigenvalue weighted by Crippen LogP contribution is 2.32. The van der Waals surface area contributed by atoms with E-state index in [4.69, 9.17) is 32.7 Å². The van der Waals surface area contributed by atoms with Gasteiger partial charge in [0.1, 0.15) is 22.6 Å². The van der Waals surface area contributed by atoms with Gasteiger partial charge in [-0.1, -0.05) is 11.6 Å². The largest absolute Gasteiger partial charge is 0.472 e. The molecule has 0 saturated carbocycles. The maximum atomic E-state index is 12.1. The number of nitrogens with one attached hydrogen (secondary N) is 1. The molecule has 0 aromatic carbocycles. The number of Topliss-reactive ketones (excluding diaryl/α,β-unsaturated/α-hetero) is 1. The quantitative estimate of drug-likeness (QED) is 0.282. The second-order valence-electron chi connectivity index (χ2n) is 6.21. The fourth-order valence-electron chi connectivity index (χ4n) is 2.85. The summed E-state index contributed by atoms with van der Waals surface area (Å²) < 4.78 is 12.1. The molecule has 2 aromatic heterocycles. The molecular formula is C16H18Cl2N6O5. The lowest BCUT2D eigenvalue weighted by Crippen LogP contribution is -2.31. The summed E-state index contributed by atoms with van der Waals surface area (Å²) >= 11 is 11.7. The zero-order chi connectivity index (χ0) is 21.0. The van der Waals surface area contributed by atoms with E-state index in [9.17, 15) is 14.9 Å². The number of carbonyl (C=O) groups is 1. The third kappa shape index (κ3) is 4.92. The number of nitro groups is 1. The number of ether oxygens (including phenoxy) is 2. The molecule has 1 aliphatic rings. The van der Waals surface area contributed by atoms with Gasteiger partial charge in [0.15, 0.2) is 5.78 Å². The Morgan fingerprint density at radius 2 is 2.28 bits per heavy atom. The Morgan fingerprint density at radius 3 is 3.00 bits per heavy atom. The summed E-state index contributed by atoms with van der Waals surface area (Å²) in [4.78, 5) is 30.7. The first-order valence-electron chi connectivity index (χ1n) is 8.77. The van der Waals surface area contributed by atoms with Crippen molar-refractivity contribution in [1.29, 1.82) is 0 Å². The minimum Gasteiger partial charge on any atom is -0.472 e. The number of aromatic nitrogens is 4. The summed E-state index contributed by atoms with van der Waals surface area (Å²) in [6, 6.07) is -0.689. The smallest absolute Gasteiger partial charge is 0.352 e. The molecule has 0 aliphatic carbocycles. The molecule has 1 aliphatic heterocycles. The molecule has 0 spiro atoms. The molecule has 3 heterocycles. The van der Waals surface area contributed by atoms with Crippen LogP contribution in [-0.2, 0) is 9.53 Å². The number of halogens is 2. The van der Waals surface area contributed by atoms with Crippen molar-refractivity contribution in [3.63, 3.8) is 0 Å². The van der Waals surface area contributed by atoms with Crippen molar-refractivity contribution in [2.24, 2.45) is 0 Å². The van der Waals surface area contributed by atoms with Crippen LogP contribution in [0.4, 0.5) is 11.5 Å². The number of anilines is 1. The first kappa shape index (κ1) is 21.2. The van der Waals surface area contributed by atoms with Crippen LogP contribution in [0.3, 0.4) is 0 Å². The molecule has 3 rings (SSSR count). The molecule has 1 N–H and O–H groups in total. The number of rotatable bonds is 8. The van der Waals surface area contributed by atoms with Gasteiger partial charge in [-0.25, -0.2) is 9.67 Å². The first-order chi connectivity index (χ1) is 13.9. The summed E-state index contributed by atoms with van der Waals surface area (Å²) in [6.45, 7) is 2.58. The second kappa shape index (κ2) is 9.33. The van der Waals surface area contributed by atoms with Crippen LogP contribution in [-0.4, -0.2) is 56.8 Å². The van der Waals surface area contributed by atoms with E-state index in [0.29, 0.717) is 30.4 Å². The van der Waals surface area contributed by atoms with E-state index in [1.165, 1.54) is 17.8 Å². The Hall–Kier alpha value is -2.50. The van der Waals surface area contributed by atoms with E-state index in [0.717, 1.165) is 0 Å². The van der Waals surface area contributed by atoms with Crippen LogP contribution in [0.15, 0.2) is 6.20 Å². The fourth-order valence-corrected chi connectivity index (χ4v) is 3.14. The van der Waals surface area contributed by atoms with Crippen molar-refractivity contribution in [1.82, 2.24) is 19.7 Å². The molecule has 2 aromatic rings. The molecule has 0 bridgehead atoms. The van der Waals surface area contributed by atoms with Gasteiger partial charge in [0.05, 0.1) is 30.9 Å². The van der Waals surface area contributed by atoms with Crippen LogP contribution in [0.5, 0.6) is 5.88 Å². The van der Waals surface area contributed by atoms with E-state index in [1.54, 1.807) is 0 Å². The highest BCUT2D eigenvalue weighted by atomic mass is 35.5. The zero-order valence-corrected chi connectivity index (χ0v) is 16.9. The van der Waals surface area contributed by atoms with Gasteiger partial charge in [0.25, 0.3) is 0 Å². The van der Waals surface area contributed by atoms with Gasteiger partial charge in [0.2, 0.25) is 5.28 Å². The van der Waals surface area contributed by atoms with E-state index >= 15 is 0 Å². The van der Waals surface area contributed by atoms with Crippen molar-refractivity contribution in [3.05, 3.63) is 32.3 Å². The summed E-state index contributed by atoms with van der Waals surface area (Å²) in [6.07, 6.45) is 2.10. The van der Waals surface area contributed by atoms with Crippen molar-refractivity contribution in [2.75, 3.05) is 31.7 Å². The monoisotopic (exact) mass is 444 g/mol. The summed E-state index contributed by atoms with van der Waals surface area (Å²) in [5, 5.41) is 19.0. The van der Waals surface area contributed by atoms with E-state index in [-0.39, 0.29) is 48.0 Å². The van der Waals surface area contributed by atoms with Gasteiger partial charge >= 0.3 is 11.6 Å². The predicted octanol–water partition coefficient (Wildman–Crippen LogP) is 2.61. The Kier molecular flexibility index (Phi) is 6.83. The second-order valence-corrected chi connectivity index (χ2v) is 6.96. The lowest BCUT2D eigenvalue weighted by atomic mass is 10.1. The molecule has 13 heteroatoms. The van der Waals surface area contributed by atoms with E-state index in [1.807, 2.05) is 0 Å². The zero-order valence-electron chi connectivity index (χ0n) is 15.4. The van der Waals surface area contributed by atoms with Gasteiger partial charge < -0.3 is 14.8 Å². The average molecular weight is 445 g/mol. The number of hydrogen-bond acceptors (Lipinski definition) is 9. The summed E-state index contributed by atoms with van der Waals surface area (Å²) in [7, 11) is 0. The number of hydrogen-bond donors (Lipinski definition) is 1. The van der Waals surface area contributed by atoms with Crippen molar-refractivity contribution >= 4 is 40.5 Å². The van der Waals surface area contributed by atoms with E-state index in [2.05, 4.69) is 20.4 Å². The Morgan fingerprint density at radius 1 is 1.48 bits per heavy atom. The van der Waals surface area contributed by atoms with Crippen LogP contribution in [0.2, 0.25) is 10.3 Å². The van der Waals surface area contributed by atoms with Gasteiger partial charge in [-0.15, -0.1) is 5.10 Å². The molecule has 1 atom stereocenters. The average Bonchev–Trinajstić information content (AvgIpc) is 3.01. The SMILES string of the molecule is Cc1c([N+](=O)[O-])c(OCCCNc2nc(Cl)ncc2Cl)nn1C1COCCC1=O.